The Morgan fingerprint density at radius 2 is 2.12 bits per heavy atom. The molecule has 1 saturated carbocycles. The number of benzene rings is 1. The van der Waals surface area contributed by atoms with Crippen molar-refractivity contribution in [2.45, 2.75) is 17.7 Å². The minimum atomic E-state index is -3.42. The predicted molar refractivity (Wildman–Crippen MR) is 70.1 cm³/mol. The summed E-state index contributed by atoms with van der Waals surface area (Å²) in [5.41, 5.74) is 5.62. The molecule has 0 bridgehead atoms. The highest BCUT2D eigenvalue weighted by molar-refractivity contribution is 9.10. The summed E-state index contributed by atoms with van der Waals surface area (Å²) >= 11 is 3.26. The molecule has 2 rings (SSSR count). The zero-order valence-corrected chi connectivity index (χ0v) is 11.7. The number of hydrogen-bond donors (Lipinski definition) is 2. The first kappa shape index (κ1) is 13.0. The third kappa shape index (κ3) is 3.07. The summed E-state index contributed by atoms with van der Waals surface area (Å²) in [7, 11) is -3.42. The van der Waals surface area contributed by atoms with Crippen LogP contribution in [0.5, 0.6) is 0 Å². The van der Waals surface area contributed by atoms with Crippen LogP contribution in [0.1, 0.15) is 12.8 Å². The molecule has 0 spiro atoms. The largest absolute Gasteiger partial charge is 0.330 e. The van der Waals surface area contributed by atoms with Crippen molar-refractivity contribution < 1.29 is 8.42 Å². The van der Waals surface area contributed by atoms with Crippen LogP contribution in [0.4, 0.5) is 0 Å². The van der Waals surface area contributed by atoms with Crippen LogP contribution in [0, 0.1) is 5.41 Å². The van der Waals surface area contributed by atoms with Gasteiger partial charge in [-0.05, 0) is 43.0 Å². The number of nitrogens with one attached hydrogen (secondary N) is 1. The molecule has 0 heterocycles. The van der Waals surface area contributed by atoms with E-state index in [-0.39, 0.29) is 10.3 Å². The normalized spacial score (nSPS) is 18.0. The molecule has 0 amide bonds. The Kier molecular flexibility index (Phi) is 3.58. The van der Waals surface area contributed by atoms with E-state index in [0.29, 0.717) is 13.1 Å². The molecule has 1 aliphatic rings. The van der Waals surface area contributed by atoms with Crippen molar-refractivity contribution in [3.63, 3.8) is 0 Å². The minimum Gasteiger partial charge on any atom is -0.330 e. The number of halogens is 1. The topological polar surface area (TPSA) is 72.2 Å². The van der Waals surface area contributed by atoms with Crippen molar-refractivity contribution in [1.29, 1.82) is 0 Å². The van der Waals surface area contributed by atoms with Crippen LogP contribution >= 0.6 is 15.9 Å². The van der Waals surface area contributed by atoms with Crippen LogP contribution in [-0.4, -0.2) is 21.5 Å². The Hall–Kier alpha value is -0.430. The minimum absolute atomic E-state index is 0.000910. The molecule has 1 aliphatic carbocycles. The Balaban J connectivity index is 2.09. The maximum absolute atomic E-state index is 12.0. The molecule has 0 saturated heterocycles. The van der Waals surface area contributed by atoms with Gasteiger partial charge in [0.15, 0.2) is 0 Å². The van der Waals surface area contributed by atoms with Gasteiger partial charge in [-0.3, -0.25) is 0 Å². The van der Waals surface area contributed by atoms with E-state index >= 15 is 0 Å². The van der Waals surface area contributed by atoms with E-state index in [9.17, 15) is 8.42 Å². The summed E-state index contributed by atoms with van der Waals surface area (Å²) in [6.45, 7) is 0.965. The SMILES string of the molecule is NCC1(CNS(=O)(=O)c2cccc(Br)c2)CC1. The van der Waals surface area contributed by atoms with Gasteiger partial charge in [-0.1, -0.05) is 22.0 Å². The second-order valence-electron chi connectivity index (χ2n) is 4.49. The van der Waals surface area contributed by atoms with E-state index in [1.54, 1.807) is 24.3 Å². The fraction of sp³-hybridized carbons (Fsp3) is 0.455. The second kappa shape index (κ2) is 4.68. The highest BCUT2D eigenvalue weighted by Crippen LogP contribution is 2.43. The van der Waals surface area contributed by atoms with Crippen molar-refractivity contribution in [3.05, 3.63) is 28.7 Å². The van der Waals surface area contributed by atoms with Gasteiger partial charge >= 0.3 is 0 Å². The zero-order valence-electron chi connectivity index (χ0n) is 9.32. The Bertz CT molecular complexity index is 512. The third-order valence-electron chi connectivity index (χ3n) is 3.13. The monoisotopic (exact) mass is 318 g/mol. The Morgan fingerprint density at radius 3 is 2.65 bits per heavy atom. The molecule has 4 nitrogen and oxygen atoms in total. The Labute approximate surface area is 110 Å². The summed E-state index contributed by atoms with van der Waals surface area (Å²) < 4.78 is 27.4. The van der Waals surface area contributed by atoms with Gasteiger partial charge in [0.25, 0.3) is 0 Å². The lowest BCUT2D eigenvalue weighted by molar-refractivity contribution is 0.501. The molecule has 0 atom stereocenters. The number of rotatable bonds is 5. The van der Waals surface area contributed by atoms with E-state index in [2.05, 4.69) is 20.7 Å². The van der Waals surface area contributed by atoms with Gasteiger partial charge in [0.1, 0.15) is 0 Å². The molecule has 3 N–H and O–H groups in total. The average molecular weight is 319 g/mol. The standard InChI is InChI=1S/C11H15BrN2O2S/c12-9-2-1-3-10(6-9)17(15,16)14-8-11(7-13)4-5-11/h1-3,6,14H,4-5,7-8,13H2. The summed E-state index contributed by atoms with van der Waals surface area (Å²) in [5, 5.41) is 0. The first-order chi connectivity index (χ1) is 7.97. The molecule has 0 radical (unpaired) electrons. The summed E-state index contributed by atoms with van der Waals surface area (Å²) in [6, 6.07) is 6.66. The third-order valence-corrected chi connectivity index (χ3v) is 5.03. The lowest BCUT2D eigenvalue weighted by Gasteiger charge is -2.13. The van der Waals surface area contributed by atoms with Crippen molar-refractivity contribution in [2.24, 2.45) is 11.1 Å². The molecule has 6 heteroatoms. The average Bonchev–Trinajstić information content (AvgIpc) is 3.07. The van der Waals surface area contributed by atoms with Gasteiger partial charge in [-0.25, -0.2) is 13.1 Å². The molecule has 1 aromatic rings. The van der Waals surface area contributed by atoms with E-state index in [4.69, 9.17) is 5.73 Å². The van der Waals surface area contributed by atoms with Crippen molar-refractivity contribution in [2.75, 3.05) is 13.1 Å². The maximum Gasteiger partial charge on any atom is 0.240 e. The highest BCUT2D eigenvalue weighted by Gasteiger charge is 2.41. The molecule has 0 unspecified atom stereocenters. The smallest absolute Gasteiger partial charge is 0.240 e. The molecule has 0 aliphatic heterocycles. The van der Waals surface area contributed by atoms with Gasteiger partial charge in [-0.15, -0.1) is 0 Å². The number of hydrogen-bond acceptors (Lipinski definition) is 3. The van der Waals surface area contributed by atoms with E-state index in [1.807, 2.05) is 0 Å². The van der Waals surface area contributed by atoms with Gasteiger partial charge in [0.05, 0.1) is 4.90 Å². The molecule has 0 aromatic heterocycles. The fourth-order valence-electron chi connectivity index (χ4n) is 1.60. The zero-order chi connectivity index (χ0) is 12.5. The lowest BCUT2D eigenvalue weighted by Crippen LogP contribution is -2.33. The molecule has 94 valence electrons. The molecule has 1 fully saturated rings. The molecular formula is C11H15BrN2O2S. The second-order valence-corrected chi connectivity index (χ2v) is 7.17. The fourth-order valence-corrected chi connectivity index (χ4v) is 3.35. The van der Waals surface area contributed by atoms with Crippen molar-refractivity contribution in [3.8, 4) is 0 Å². The number of sulfonamides is 1. The van der Waals surface area contributed by atoms with Crippen LogP contribution in [0.15, 0.2) is 33.6 Å². The number of nitrogens with two attached hydrogens (primary N) is 1. The van der Waals surface area contributed by atoms with Gasteiger partial charge < -0.3 is 5.73 Å². The van der Waals surface area contributed by atoms with Crippen LogP contribution in [-0.2, 0) is 10.0 Å². The maximum atomic E-state index is 12.0. The van der Waals surface area contributed by atoms with Crippen LogP contribution < -0.4 is 10.5 Å². The van der Waals surface area contributed by atoms with Crippen LogP contribution in [0.3, 0.4) is 0 Å². The van der Waals surface area contributed by atoms with Crippen molar-refractivity contribution >= 4 is 26.0 Å². The van der Waals surface area contributed by atoms with Crippen molar-refractivity contribution in [1.82, 2.24) is 4.72 Å². The first-order valence-corrected chi connectivity index (χ1v) is 7.70. The molecule has 1 aromatic carbocycles. The van der Waals surface area contributed by atoms with Gasteiger partial charge in [0, 0.05) is 11.0 Å². The molecular weight excluding hydrogens is 304 g/mol. The van der Waals surface area contributed by atoms with E-state index in [1.165, 1.54) is 0 Å². The Morgan fingerprint density at radius 1 is 1.41 bits per heavy atom. The van der Waals surface area contributed by atoms with Gasteiger partial charge in [-0.2, -0.15) is 0 Å². The summed E-state index contributed by atoms with van der Waals surface area (Å²) in [5.74, 6) is 0. The van der Waals surface area contributed by atoms with E-state index < -0.39 is 10.0 Å². The quantitative estimate of drug-likeness (QED) is 0.863. The van der Waals surface area contributed by atoms with E-state index in [0.717, 1.165) is 17.3 Å². The lowest BCUT2D eigenvalue weighted by atomic mass is 10.1. The van der Waals surface area contributed by atoms with Crippen LogP contribution in [0.2, 0.25) is 0 Å². The highest BCUT2D eigenvalue weighted by atomic mass is 79.9. The molecule has 17 heavy (non-hydrogen) atoms. The predicted octanol–water partition coefficient (Wildman–Crippen LogP) is 1.47. The van der Waals surface area contributed by atoms with Gasteiger partial charge in [0.2, 0.25) is 10.0 Å². The van der Waals surface area contributed by atoms with Crippen LogP contribution in [0.25, 0.3) is 0 Å². The first-order valence-electron chi connectivity index (χ1n) is 5.43. The summed E-state index contributed by atoms with van der Waals surface area (Å²) in [4.78, 5) is 0.277. The summed E-state index contributed by atoms with van der Waals surface area (Å²) in [6.07, 6.45) is 2.01.